The molecule has 5 heteroatoms. The van der Waals surface area contributed by atoms with Crippen LogP contribution in [0.1, 0.15) is 5.69 Å². The fourth-order valence-corrected chi connectivity index (χ4v) is 2.06. The van der Waals surface area contributed by atoms with E-state index < -0.39 is 0 Å². The van der Waals surface area contributed by atoms with E-state index in [0.717, 1.165) is 15.8 Å². The highest BCUT2D eigenvalue weighted by Crippen LogP contribution is 2.22. The second kappa shape index (κ2) is 3.73. The van der Waals surface area contributed by atoms with Crippen LogP contribution in [-0.4, -0.2) is 10.3 Å². The van der Waals surface area contributed by atoms with Crippen LogP contribution in [-0.2, 0) is 11.2 Å². The van der Waals surface area contributed by atoms with Gasteiger partial charge in [0.25, 0.3) is 0 Å². The molecule has 0 saturated carbocycles. The van der Waals surface area contributed by atoms with Gasteiger partial charge in [0.1, 0.15) is 0 Å². The minimum absolute atomic E-state index is 0.221. The molecule has 0 saturated heterocycles. The van der Waals surface area contributed by atoms with E-state index in [1.807, 2.05) is 24.3 Å². The molecule has 0 spiro atoms. The molecule has 2 aromatic rings. The number of hydrogen-bond donors (Lipinski definition) is 2. The monoisotopic (exact) mass is 207 g/mol. The average molecular weight is 207 g/mol. The number of benzene rings is 1. The Balaban J connectivity index is 2.38. The zero-order chi connectivity index (χ0) is 9.97. The summed E-state index contributed by atoms with van der Waals surface area (Å²) in [4.78, 5) is 11.1. The van der Waals surface area contributed by atoms with Gasteiger partial charge in [-0.05, 0) is 17.6 Å². The summed E-state index contributed by atoms with van der Waals surface area (Å²) in [5.41, 5.74) is 2.88. The lowest BCUT2D eigenvalue weighted by molar-refractivity contribution is -0.120. The Labute approximate surface area is 84.9 Å². The number of carbonyl (C=O) groups is 1. The van der Waals surface area contributed by atoms with Crippen molar-refractivity contribution in [2.24, 2.45) is 5.84 Å². The summed E-state index contributed by atoms with van der Waals surface area (Å²) < 4.78 is 5.30. The largest absolute Gasteiger partial charge is 0.294 e. The van der Waals surface area contributed by atoms with E-state index in [9.17, 15) is 4.79 Å². The standard InChI is InChI=1S/C9H9N3OS/c10-11-9(13)5-7-6-3-1-2-4-8(6)14-12-7/h1-4H,5,10H2,(H,11,13). The van der Waals surface area contributed by atoms with Crippen molar-refractivity contribution in [2.45, 2.75) is 6.42 Å². The highest BCUT2D eigenvalue weighted by Gasteiger charge is 2.08. The molecule has 0 bridgehead atoms. The van der Waals surface area contributed by atoms with Gasteiger partial charge in [0.2, 0.25) is 5.91 Å². The number of rotatable bonds is 2. The van der Waals surface area contributed by atoms with Crippen LogP contribution in [0.15, 0.2) is 24.3 Å². The van der Waals surface area contributed by atoms with Gasteiger partial charge < -0.3 is 0 Å². The Bertz CT molecular complexity index is 466. The van der Waals surface area contributed by atoms with Gasteiger partial charge in [-0.3, -0.25) is 10.2 Å². The van der Waals surface area contributed by atoms with Crippen LogP contribution in [0.4, 0.5) is 0 Å². The van der Waals surface area contributed by atoms with Crippen molar-refractivity contribution in [3.8, 4) is 0 Å². The first-order chi connectivity index (χ1) is 6.81. The summed E-state index contributed by atoms with van der Waals surface area (Å²) in [6, 6.07) is 7.82. The first-order valence-electron chi connectivity index (χ1n) is 4.14. The number of nitrogens with zero attached hydrogens (tertiary/aromatic N) is 1. The lowest BCUT2D eigenvalue weighted by Gasteiger charge is -1.96. The van der Waals surface area contributed by atoms with Crippen LogP contribution in [0, 0.1) is 0 Å². The van der Waals surface area contributed by atoms with Crippen LogP contribution < -0.4 is 11.3 Å². The van der Waals surface area contributed by atoms with E-state index in [0.29, 0.717) is 0 Å². The third kappa shape index (κ3) is 1.59. The SMILES string of the molecule is NNC(=O)Cc1nsc2ccccc12. The van der Waals surface area contributed by atoms with Gasteiger partial charge in [-0.15, -0.1) is 0 Å². The molecule has 0 fully saturated rings. The minimum atomic E-state index is -0.221. The Morgan fingerprint density at radius 3 is 3.07 bits per heavy atom. The van der Waals surface area contributed by atoms with Crippen LogP contribution in [0.5, 0.6) is 0 Å². The summed E-state index contributed by atoms with van der Waals surface area (Å²) in [6.45, 7) is 0. The highest BCUT2D eigenvalue weighted by molar-refractivity contribution is 7.13. The van der Waals surface area contributed by atoms with Crippen LogP contribution in [0.25, 0.3) is 10.1 Å². The zero-order valence-electron chi connectivity index (χ0n) is 7.36. The molecule has 0 radical (unpaired) electrons. The van der Waals surface area contributed by atoms with Gasteiger partial charge in [-0.25, -0.2) is 5.84 Å². The molecule has 0 aliphatic carbocycles. The van der Waals surface area contributed by atoms with Crippen molar-refractivity contribution in [1.29, 1.82) is 0 Å². The third-order valence-electron chi connectivity index (χ3n) is 1.94. The first kappa shape index (κ1) is 9.11. The maximum atomic E-state index is 11.1. The number of hydrazine groups is 1. The molecule has 14 heavy (non-hydrogen) atoms. The van der Waals surface area contributed by atoms with E-state index in [1.165, 1.54) is 11.5 Å². The second-order valence-electron chi connectivity index (χ2n) is 2.87. The number of nitrogens with one attached hydrogen (secondary N) is 1. The van der Waals surface area contributed by atoms with Gasteiger partial charge >= 0.3 is 0 Å². The molecule has 1 aromatic carbocycles. The quantitative estimate of drug-likeness (QED) is 0.435. The van der Waals surface area contributed by atoms with Crippen LogP contribution >= 0.6 is 11.5 Å². The summed E-state index contributed by atoms with van der Waals surface area (Å²) in [5, 5.41) is 1.03. The smallest absolute Gasteiger partial charge is 0.239 e. The minimum Gasteiger partial charge on any atom is -0.294 e. The van der Waals surface area contributed by atoms with Crippen molar-refractivity contribution >= 4 is 27.5 Å². The number of aromatic nitrogens is 1. The Morgan fingerprint density at radius 2 is 2.29 bits per heavy atom. The lowest BCUT2D eigenvalue weighted by Crippen LogP contribution is -2.31. The predicted octanol–water partition coefficient (Wildman–Crippen LogP) is 0.829. The predicted molar refractivity (Wildman–Crippen MR) is 55.7 cm³/mol. The Kier molecular flexibility index (Phi) is 2.43. The van der Waals surface area contributed by atoms with Gasteiger partial charge in [0.05, 0.1) is 16.8 Å². The fourth-order valence-electron chi connectivity index (χ4n) is 1.27. The third-order valence-corrected chi connectivity index (χ3v) is 2.81. The number of amides is 1. The number of nitrogens with two attached hydrogens (primary N) is 1. The summed E-state index contributed by atoms with van der Waals surface area (Å²) in [6.07, 6.45) is 0.237. The topological polar surface area (TPSA) is 68.0 Å². The van der Waals surface area contributed by atoms with Gasteiger partial charge in [-0.2, -0.15) is 4.37 Å². The molecule has 2 rings (SSSR count). The van der Waals surface area contributed by atoms with E-state index in [2.05, 4.69) is 9.80 Å². The van der Waals surface area contributed by atoms with E-state index in [4.69, 9.17) is 5.84 Å². The molecule has 0 aliphatic heterocycles. The normalized spacial score (nSPS) is 10.4. The first-order valence-corrected chi connectivity index (χ1v) is 4.91. The molecule has 0 atom stereocenters. The average Bonchev–Trinajstić information content (AvgIpc) is 2.62. The molecule has 1 heterocycles. The molecule has 0 aliphatic rings. The molecule has 4 nitrogen and oxygen atoms in total. The van der Waals surface area contributed by atoms with Crippen molar-refractivity contribution in [3.05, 3.63) is 30.0 Å². The maximum absolute atomic E-state index is 11.1. The Hall–Kier alpha value is -1.46. The molecule has 3 N–H and O–H groups in total. The Morgan fingerprint density at radius 1 is 1.50 bits per heavy atom. The number of hydrogen-bond acceptors (Lipinski definition) is 4. The molecule has 1 aromatic heterocycles. The number of fused-ring (bicyclic) bond motifs is 1. The molecule has 1 amide bonds. The van der Waals surface area contributed by atoms with Crippen LogP contribution in [0.2, 0.25) is 0 Å². The number of carbonyl (C=O) groups excluding carboxylic acids is 1. The van der Waals surface area contributed by atoms with Crippen molar-refractivity contribution in [3.63, 3.8) is 0 Å². The molecule has 0 unspecified atom stereocenters. The lowest BCUT2D eigenvalue weighted by atomic mass is 10.2. The zero-order valence-corrected chi connectivity index (χ0v) is 8.17. The molecular formula is C9H9N3OS. The van der Waals surface area contributed by atoms with E-state index in [1.54, 1.807) is 0 Å². The summed E-state index contributed by atoms with van der Waals surface area (Å²) in [7, 11) is 0. The summed E-state index contributed by atoms with van der Waals surface area (Å²) in [5.74, 6) is 4.79. The van der Waals surface area contributed by atoms with Gasteiger partial charge in [0, 0.05) is 5.39 Å². The van der Waals surface area contributed by atoms with Crippen LogP contribution in [0.3, 0.4) is 0 Å². The molecular weight excluding hydrogens is 198 g/mol. The molecule has 72 valence electrons. The van der Waals surface area contributed by atoms with Crippen molar-refractivity contribution in [1.82, 2.24) is 9.80 Å². The van der Waals surface area contributed by atoms with E-state index in [-0.39, 0.29) is 12.3 Å². The second-order valence-corrected chi connectivity index (χ2v) is 3.67. The van der Waals surface area contributed by atoms with Gasteiger partial charge in [0.15, 0.2) is 0 Å². The van der Waals surface area contributed by atoms with Gasteiger partial charge in [-0.1, -0.05) is 18.2 Å². The van der Waals surface area contributed by atoms with Crippen molar-refractivity contribution in [2.75, 3.05) is 0 Å². The fraction of sp³-hybridized carbons (Fsp3) is 0.111. The van der Waals surface area contributed by atoms with Crippen molar-refractivity contribution < 1.29 is 4.79 Å². The van der Waals surface area contributed by atoms with E-state index >= 15 is 0 Å². The maximum Gasteiger partial charge on any atom is 0.239 e. The summed E-state index contributed by atoms with van der Waals surface area (Å²) >= 11 is 1.40. The highest BCUT2D eigenvalue weighted by atomic mass is 32.1.